The third-order valence-electron chi connectivity index (χ3n) is 2.86. The maximum atomic E-state index is 11.6. The molecule has 1 fully saturated rings. The Bertz CT molecular complexity index is 548. The van der Waals surface area contributed by atoms with E-state index in [1.165, 1.54) is 0 Å². The zero-order valence-electron chi connectivity index (χ0n) is 8.90. The first-order valence-electron chi connectivity index (χ1n) is 5.11. The van der Waals surface area contributed by atoms with Gasteiger partial charge in [-0.15, -0.1) is 0 Å². The zero-order chi connectivity index (χ0) is 12.6. The summed E-state index contributed by atoms with van der Waals surface area (Å²) in [6.07, 6.45) is 2.09. The largest absolute Gasteiger partial charge is 0.504 e. The fourth-order valence-corrected chi connectivity index (χ4v) is 3.79. The Kier molecular flexibility index (Phi) is 2.82. The molecule has 7 nitrogen and oxygen atoms in total. The van der Waals surface area contributed by atoms with E-state index >= 15 is 0 Å². The molecule has 2 rings (SSSR count). The van der Waals surface area contributed by atoms with Gasteiger partial charge in [0.15, 0.2) is 21.3 Å². The van der Waals surface area contributed by atoms with E-state index in [-0.39, 0.29) is 18.0 Å². The fourth-order valence-electron chi connectivity index (χ4n) is 1.99. The third-order valence-corrected chi connectivity index (χ3v) is 5.12. The first-order chi connectivity index (χ1) is 7.92. The van der Waals surface area contributed by atoms with Gasteiger partial charge in [0, 0.05) is 0 Å². The van der Waals surface area contributed by atoms with Gasteiger partial charge in [-0.2, -0.15) is 5.10 Å². The quantitative estimate of drug-likeness (QED) is 0.783. The van der Waals surface area contributed by atoms with Crippen molar-refractivity contribution in [3.63, 3.8) is 0 Å². The second-order valence-electron chi connectivity index (χ2n) is 4.00. The van der Waals surface area contributed by atoms with E-state index < -0.39 is 26.8 Å². The van der Waals surface area contributed by atoms with Crippen molar-refractivity contribution in [2.24, 2.45) is 0 Å². The Balaban J connectivity index is 2.28. The first-order valence-corrected chi connectivity index (χ1v) is 6.83. The van der Waals surface area contributed by atoms with Crippen LogP contribution in [0.2, 0.25) is 0 Å². The van der Waals surface area contributed by atoms with Crippen LogP contribution in [0.3, 0.4) is 0 Å². The molecule has 0 aromatic carbocycles. The molecular weight excluding hydrogens is 248 g/mol. The van der Waals surface area contributed by atoms with Crippen LogP contribution in [0.15, 0.2) is 6.20 Å². The van der Waals surface area contributed by atoms with Crippen molar-refractivity contribution in [2.45, 2.75) is 24.6 Å². The minimum Gasteiger partial charge on any atom is -0.504 e. The molecule has 94 valence electrons. The molecule has 1 unspecified atom stereocenters. The van der Waals surface area contributed by atoms with Crippen LogP contribution in [0.25, 0.3) is 0 Å². The normalized spacial score (nSPS) is 22.7. The van der Waals surface area contributed by atoms with Crippen molar-refractivity contribution in [3.8, 4) is 5.75 Å². The highest BCUT2D eigenvalue weighted by Gasteiger charge is 2.33. The van der Waals surface area contributed by atoms with E-state index in [1.54, 1.807) is 0 Å². The van der Waals surface area contributed by atoms with E-state index in [0.29, 0.717) is 12.8 Å². The number of sulfone groups is 1. The SMILES string of the molecule is O=C(O)c1c(O)cnn1CC1CCCS1(=O)=O. The first kappa shape index (κ1) is 11.9. The molecule has 17 heavy (non-hydrogen) atoms. The minimum atomic E-state index is -3.15. The van der Waals surface area contributed by atoms with Crippen LogP contribution in [-0.2, 0) is 16.4 Å². The van der Waals surface area contributed by atoms with Crippen LogP contribution < -0.4 is 0 Å². The summed E-state index contributed by atoms with van der Waals surface area (Å²) in [5.74, 6) is -1.64. The highest BCUT2D eigenvalue weighted by Crippen LogP contribution is 2.23. The Morgan fingerprint density at radius 3 is 2.82 bits per heavy atom. The summed E-state index contributed by atoms with van der Waals surface area (Å²) < 4.78 is 24.2. The molecule has 0 saturated carbocycles. The Hall–Kier alpha value is -1.57. The van der Waals surface area contributed by atoms with Crippen LogP contribution in [0, 0.1) is 0 Å². The van der Waals surface area contributed by atoms with Crippen molar-refractivity contribution in [3.05, 3.63) is 11.9 Å². The lowest BCUT2D eigenvalue weighted by Gasteiger charge is -2.10. The molecule has 0 spiro atoms. The molecule has 1 aliphatic rings. The maximum Gasteiger partial charge on any atom is 0.358 e. The van der Waals surface area contributed by atoms with Crippen molar-refractivity contribution >= 4 is 15.8 Å². The van der Waals surface area contributed by atoms with E-state index in [1.807, 2.05) is 0 Å². The molecule has 2 N–H and O–H groups in total. The molecule has 1 aromatic heterocycles. The smallest absolute Gasteiger partial charge is 0.358 e. The summed E-state index contributed by atoms with van der Waals surface area (Å²) >= 11 is 0. The third kappa shape index (κ3) is 2.12. The van der Waals surface area contributed by atoms with Gasteiger partial charge >= 0.3 is 5.97 Å². The average Bonchev–Trinajstić information content (AvgIpc) is 2.72. The number of hydrogen-bond donors (Lipinski definition) is 2. The van der Waals surface area contributed by atoms with Crippen molar-refractivity contribution in [2.75, 3.05) is 5.75 Å². The summed E-state index contributed by atoms with van der Waals surface area (Å²) in [5, 5.41) is 21.2. The number of aromatic nitrogens is 2. The summed E-state index contributed by atoms with van der Waals surface area (Å²) in [7, 11) is -3.15. The van der Waals surface area contributed by atoms with Crippen LogP contribution in [0.5, 0.6) is 5.75 Å². The number of carboxylic acid groups (broad SMARTS) is 1. The second-order valence-corrected chi connectivity index (χ2v) is 6.40. The van der Waals surface area contributed by atoms with Gasteiger partial charge in [0.25, 0.3) is 0 Å². The van der Waals surface area contributed by atoms with Crippen LogP contribution >= 0.6 is 0 Å². The molecule has 0 aliphatic carbocycles. The topological polar surface area (TPSA) is 109 Å². The zero-order valence-corrected chi connectivity index (χ0v) is 9.72. The van der Waals surface area contributed by atoms with Crippen LogP contribution in [0.1, 0.15) is 23.3 Å². The number of carbonyl (C=O) groups is 1. The van der Waals surface area contributed by atoms with E-state index in [0.717, 1.165) is 10.9 Å². The van der Waals surface area contributed by atoms with Crippen molar-refractivity contribution in [1.82, 2.24) is 9.78 Å². The Labute approximate surface area is 97.6 Å². The number of aromatic hydroxyl groups is 1. The lowest BCUT2D eigenvalue weighted by Crippen LogP contribution is -2.24. The number of carboxylic acids is 1. The van der Waals surface area contributed by atoms with Crippen LogP contribution in [-0.4, -0.2) is 45.4 Å². The summed E-state index contributed by atoms with van der Waals surface area (Å²) in [6.45, 7) is -0.0233. The van der Waals surface area contributed by atoms with Crippen molar-refractivity contribution < 1.29 is 23.4 Å². The van der Waals surface area contributed by atoms with Crippen LogP contribution in [0.4, 0.5) is 0 Å². The number of rotatable bonds is 3. The maximum absolute atomic E-state index is 11.6. The van der Waals surface area contributed by atoms with E-state index in [2.05, 4.69) is 5.10 Å². The summed E-state index contributed by atoms with van der Waals surface area (Å²) in [4.78, 5) is 10.9. The number of aromatic carboxylic acids is 1. The Morgan fingerprint density at radius 1 is 1.59 bits per heavy atom. The molecule has 1 atom stereocenters. The van der Waals surface area contributed by atoms with Gasteiger partial charge in [0.1, 0.15) is 0 Å². The van der Waals surface area contributed by atoms with Gasteiger partial charge in [-0.25, -0.2) is 13.2 Å². The number of nitrogens with zero attached hydrogens (tertiary/aromatic N) is 2. The van der Waals surface area contributed by atoms with Crippen molar-refractivity contribution in [1.29, 1.82) is 0 Å². The van der Waals surface area contributed by atoms with Gasteiger partial charge < -0.3 is 10.2 Å². The molecule has 8 heteroatoms. The minimum absolute atomic E-state index is 0.0233. The molecule has 0 radical (unpaired) electrons. The molecule has 1 aromatic rings. The van der Waals surface area contributed by atoms with Gasteiger partial charge in [0.2, 0.25) is 0 Å². The summed E-state index contributed by atoms with van der Waals surface area (Å²) in [6, 6.07) is 0. The van der Waals surface area contributed by atoms with Gasteiger partial charge in [-0.3, -0.25) is 4.68 Å². The molecule has 0 bridgehead atoms. The standard InChI is InChI=1S/C9H12N2O5S/c12-7-4-10-11(8(7)9(13)14)5-6-2-1-3-17(6,15)16/h4,6,12H,1-3,5H2,(H,13,14). The fraction of sp³-hybridized carbons (Fsp3) is 0.556. The molecule has 2 heterocycles. The molecule has 1 aliphatic heterocycles. The summed E-state index contributed by atoms with van der Waals surface area (Å²) in [5.41, 5.74) is -0.368. The monoisotopic (exact) mass is 260 g/mol. The second kappa shape index (κ2) is 4.02. The lowest BCUT2D eigenvalue weighted by molar-refractivity contribution is 0.0679. The highest BCUT2D eigenvalue weighted by molar-refractivity contribution is 7.92. The van der Waals surface area contributed by atoms with Gasteiger partial charge in [0.05, 0.1) is 23.7 Å². The van der Waals surface area contributed by atoms with E-state index in [9.17, 15) is 18.3 Å². The predicted octanol–water partition coefficient (Wildman–Crippen LogP) is -0.136. The lowest BCUT2D eigenvalue weighted by atomic mass is 10.2. The number of hydrogen-bond acceptors (Lipinski definition) is 5. The van der Waals surface area contributed by atoms with Gasteiger partial charge in [-0.1, -0.05) is 0 Å². The average molecular weight is 260 g/mol. The van der Waals surface area contributed by atoms with E-state index in [4.69, 9.17) is 5.11 Å². The molecule has 0 amide bonds. The highest BCUT2D eigenvalue weighted by atomic mass is 32.2. The Morgan fingerprint density at radius 2 is 2.29 bits per heavy atom. The molecule has 1 saturated heterocycles. The predicted molar refractivity (Wildman–Crippen MR) is 57.7 cm³/mol. The molecular formula is C9H12N2O5S. The van der Waals surface area contributed by atoms with Gasteiger partial charge in [-0.05, 0) is 12.8 Å².